The Labute approximate surface area is 196 Å². The minimum Gasteiger partial charge on any atom is -0.383 e. The van der Waals surface area contributed by atoms with Crippen LogP contribution in [0, 0.1) is 6.92 Å². The summed E-state index contributed by atoms with van der Waals surface area (Å²) in [5.74, 6) is 0.784. The van der Waals surface area contributed by atoms with Crippen LogP contribution in [0.5, 0.6) is 0 Å². The van der Waals surface area contributed by atoms with Gasteiger partial charge in [0.05, 0.1) is 18.5 Å². The summed E-state index contributed by atoms with van der Waals surface area (Å²) in [6.45, 7) is 9.00. The summed E-state index contributed by atoms with van der Waals surface area (Å²) in [6, 6.07) is 8.62. The summed E-state index contributed by atoms with van der Waals surface area (Å²) in [4.78, 5) is 19.8. The molecule has 0 spiro atoms. The van der Waals surface area contributed by atoms with Gasteiger partial charge in [-0.25, -0.2) is 15.0 Å². The maximum atomic E-state index is 5.24. The third-order valence-electron chi connectivity index (χ3n) is 6.05. The number of fused-ring (bicyclic) bond motifs is 1. The Kier molecular flexibility index (Phi) is 6.21. The molecule has 1 atom stereocenters. The molecule has 9 nitrogen and oxygen atoms in total. The lowest BCUT2D eigenvalue weighted by atomic mass is 10.1. The van der Waals surface area contributed by atoms with Crippen LogP contribution >= 0.6 is 11.3 Å². The third-order valence-corrected chi connectivity index (χ3v) is 6.93. The van der Waals surface area contributed by atoms with E-state index in [4.69, 9.17) is 14.7 Å². The quantitative estimate of drug-likeness (QED) is 0.428. The van der Waals surface area contributed by atoms with Crippen LogP contribution in [0.15, 0.2) is 36.7 Å². The summed E-state index contributed by atoms with van der Waals surface area (Å²) >= 11 is 1.52. The van der Waals surface area contributed by atoms with Crippen LogP contribution in [0.2, 0.25) is 0 Å². The van der Waals surface area contributed by atoms with Crippen molar-refractivity contribution in [2.24, 2.45) is 0 Å². The van der Waals surface area contributed by atoms with Crippen molar-refractivity contribution in [1.82, 2.24) is 30.0 Å². The molecule has 1 aliphatic rings. The smallest absolute Gasteiger partial charge is 0.190 e. The topological polar surface area (TPSA) is 95.1 Å². The molecule has 0 aromatic carbocycles. The third kappa shape index (κ3) is 4.68. The summed E-state index contributed by atoms with van der Waals surface area (Å²) in [6.07, 6.45) is 3.66. The number of nitrogens with zero attached hydrogens (tertiary/aromatic N) is 6. The van der Waals surface area contributed by atoms with E-state index >= 15 is 0 Å². The van der Waals surface area contributed by atoms with E-state index in [0.29, 0.717) is 6.04 Å². The highest BCUT2D eigenvalue weighted by Gasteiger charge is 2.23. The zero-order valence-electron chi connectivity index (χ0n) is 19.1. The van der Waals surface area contributed by atoms with Gasteiger partial charge in [0.15, 0.2) is 5.13 Å². The molecule has 5 heterocycles. The van der Waals surface area contributed by atoms with E-state index in [9.17, 15) is 0 Å². The van der Waals surface area contributed by atoms with Crippen molar-refractivity contribution < 1.29 is 4.74 Å². The second kappa shape index (κ2) is 9.42. The van der Waals surface area contributed by atoms with Crippen molar-refractivity contribution in [2.45, 2.75) is 19.9 Å². The van der Waals surface area contributed by atoms with Crippen molar-refractivity contribution >= 4 is 38.3 Å². The van der Waals surface area contributed by atoms with Crippen LogP contribution in [0.4, 0.5) is 16.6 Å². The number of aromatic nitrogens is 5. The zero-order valence-corrected chi connectivity index (χ0v) is 19.9. The average molecular weight is 465 g/mol. The standard InChI is InChI=1S/C23H28N8OS/c1-15-14-31(9-8-30(15)10-11-32-3)17-6-7-24-21(12-17)28-23-27-20-5-4-19(26-22(20)33-23)18-13-25-29-16(18)2/h4-7,12-13,15H,8-11,14H2,1-3H3,(H,25,29)(H,24,27,28). The molecular formula is C23H28N8OS. The molecule has 5 rings (SSSR count). The molecule has 10 heteroatoms. The number of methoxy groups -OCH3 is 1. The molecule has 1 aliphatic heterocycles. The highest BCUT2D eigenvalue weighted by molar-refractivity contribution is 7.21. The minimum absolute atomic E-state index is 0.474. The number of nitrogens with one attached hydrogen (secondary N) is 2. The Hall–Kier alpha value is -3.08. The molecule has 0 aliphatic carbocycles. The van der Waals surface area contributed by atoms with Crippen molar-refractivity contribution in [3.8, 4) is 11.3 Å². The van der Waals surface area contributed by atoms with Gasteiger partial charge in [-0.3, -0.25) is 10.00 Å². The fourth-order valence-corrected chi connectivity index (χ4v) is 5.04. The molecule has 0 radical (unpaired) electrons. The molecule has 0 bridgehead atoms. The fourth-order valence-electron chi connectivity index (χ4n) is 4.19. The van der Waals surface area contributed by atoms with Crippen molar-refractivity contribution in [2.75, 3.05) is 50.1 Å². The van der Waals surface area contributed by atoms with Crippen LogP contribution < -0.4 is 10.2 Å². The number of aromatic amines is 1. The van der Waals surface area contributed by atoms with Crippen molar-refractivity contribution in [3.05, 3.63) is 42.4 Å². The fraction of sp³-hybridized carbons (Fsp3) is 0.391. The summed E-state index contributed by atoms with van der Waals surface area (Å²) in [5.41, 5.74) is 4.93. The molecule has 1 unspecified atom stereocenters. The van der Waals surface area contributed by atoms with E-state index in [1.54, 1.807) is 13.3 Å². The largest absolute Gasteiger partial charge is 0.383 e. The number of piperazine rings is 1. The van der Waals surface area contributed by atoms with Crippen LogP contribution in [0.1, 0.15) is 12.6 Å². The maximum absolute atomic E-state index is 5.24. The van der Waals surface area contributed by atoms with Gasteiger partial charge in [-0.1, -0.05) is 11.3 Å². The molecule has 0 saturated carbocycles. The first-order valence-electron chi connectivity index (χ1n) is 11.1. The van der Waals surface area contributed by atoms with Gasteiger partial charge < -0.3 is 15.0 Å². The lowest BCUT2D eigenvalue weighted by molar-refractivity contribution is 0.117. The van der Waals surface area contributed by atoms with E-state index in [1.165, 1.54) is 17.0 Å². The Bertz CT molecular complexity index is 1240. The first kappa shape index (κ1) is 21.7. The van der Waals surface area contributed by atoms with Gasteiger partial charge in [-0.15, -0.1) is 0 Å². The summed E-state index contributed by atoms with van der Waals surface area (Å²) in [7, 11) is 1.76. The number of ether oxygens (including phenoxy) is 1. The van der Waals surface area contributed by atoms with Crippen LogP contribution in [-0.4, -0.2) is 76.0 Å². The summed E-state index contributed by atoms with van der Waals surface area (Å²) < 4.78 is 5.24. The SMILES string of the molecule is COCCN1CCN(c2ccnc(Nc3nc4ccc(-c5cn[nH]c5C)nc4s3)c2)CC1C. The van der Waals surface area contributed by atoms with E-state index in [0.717, 1.165) is 71.0 Å². The molecule has 1 fully saturated rings. The predicted molar refractivity (Wildman–Crippen MR) is 132 cm³/mol. The summed E-state index contributed by atoms with van der Waals surface area (Å²) in [5, 5.41) is 11.2. The number of hydrogen-bond donors (Lipinski definition) is 2. The maximum Gasteiger partial charge on any atom is 0.190 e. The molecule has 4 aromatic heterocycles. The number of H-pyrrole nitrogens is 1. The van der Waals surface area contributed by atoms with E-state index in [2.05, 4.69) is 49.4 Å². The number of rotatable bonds is 7. The Balaban J connectivity index is 1.30. The Morgan fingerprint density at radius 3 is 2.94 bits per heavy atom. The minimum atomic E-state index is 0.474. The van der Waals surface area contributed by atoms with Crippen LogP contribution in [0.3, 0.4) is 0 Å². The Morgan fingerprint density at radius 2 is 2.15 bits per heavy atom. The predicted octanol–water partition coefficient (Wildman–Crippen LogP) is 3.69. The zero-order chi connectivity index (χ0) is 22.8. The van der Waals surface area contributed by atoms with Crippen molar-refractivity contribution in [1.29, 1.82) is 0 Å². The molecule has 4 aromatic rings. The van der Waals surface area contributed by atoms with Gasteiger partial charge >= 0.3 is 0 Å². The van der Waals surface area contributed by atoms with E-state index in [1.807, 2.05) is 25.3 Å². The van der Waals surface area contributed by atoms with Gasteiger partial charge in [0, 0.05) is 68.5 Å². The molecule has 172 valence electrons. The van der Waals surface area contributed by atoms with Crippen LogP contribution in [-0.2, 0) is 4.74 Å². The van der Waals surface area contributed by atoms with E-state index in [-0.39, 0.29) is 0 Å². The van der Waals surface area contributed by atoms with Gasteiger partial charge in [0.25, 0.3) is 0 Å². The first-order chi connectivity index (χ1) is 16.1. The van der Waals surface area contributed by atoms with Gasteiger partial charge in [-0.05, 0) is 32.0 Å². The van der Waals surface area contributed by atoms with Crippen molar-refractivity contribution in [3.63, 3.8) is 0 Å². The number of anilines is 3. The average Bonchev–Trinajstić information content (AvgIpc) is 3.43. The van der Waals surface area contributed by atoms with Gasteiger partial charge in [-0.2, -0.15) is 5.10 Å². The second-order valence-corrected chi connectivity index (χ2v) is 9.27. The number of pyridine rings is 2. The lowest BCUT2D eigenvalue weighted by Crippen LogP contribution is -2.52. The first-order valence-corrected chi connectivity index (χ1v) is 11.9. The molecule has 2 N–H and O–H groups in total. The number of aryl methyl sites for hydroxylation is 1. The number of hydrogen-bond acceptors (Lipinski definition) is 9. The molecule has 0 amide bonds. The van der Waals surface area contributed by atoms with Gasteiger partial charge in [0.2, 0.25) is 0 Å². The monoisotopic (exact) mass is 464 g/mol. The second-order valence-electron chi connectivity index (χ2n) is 8.30. The van der Waals surface area contributed by atoms with Crippen LogP contribution in [0.25, 0.3) is 21.6 Å². The highest BCUT2D eigenvalue weighted by Crippen LogP contribution is 2.30. The normalized spacial score (nSPS) is 17.1. The lowest BCUT2D eigenvalue weighted by Gasteiger charge is -2.41. The number of thiazole rings is 1. The van der Waals surface area contributed by atoms with Gasteiger partial charge in [0.1, 0.15) is 16.2 Å². The highest BCUT2D eigenvalue weighted by atomic mass is 32.1. The molecule has 33 heavy (non-hydrogen) atoms. The molecule has 1 saturated heterocycles. The Morgan fingerprint density at radius 1 is 1.24 bits per heavy atom. The molecular weight excluding hydrogens is 436 g/mol. The van der Waals surface area contributed by atoms with E-state index < -0.39 is 0 Å².